The van der Waals surface area contributed by atoms with E-state index in [9.17, 15) is 5.21 Å². The molecule has 0 fully saturated rings. The zero-order valence-corrected chi connectivity index (χ0v) is 12.0. The number of pyridine rings is 1. The van der Waals surface area contributed by atoms with E-state index in [1.165, 1.54) is 0 Å². The molecule has 2 N–H and O–H groups in total. The minimum atomic E-state index is -0.894. The molecule has 2 aromatic heterocycles. The van der Waals surface area contributed by atoms with Crippen molar-refractivity contribution < 1.29 is 10.4 Å². The maximum atomic E-state index is 11.2. The largest absolute Gasteiger partial charge is 0.595 e. The third-order valence-corrected chi connectivity index (χ3v) is 3.98. The van der Waals surface area contributed by atoms with Gasteiger partial charge in [-0.15, -0.1) is 0 Å². The fourth-order valence-corrected chi connectivity index (χ4v) is 2.65. The average Bonchev–Trinajstić information content (AvgIpc) is 2.82. The fraction of sp³-hybridized carbons (Fsp3) is 0. The van der Waals surface area contributed by atoms with Gasteiger partial charge >= 0.3 is 0 Å². The summed E-state index contributed by atoms with van der Waals surface area (Å²) in [4.78, 5) is 0. The van der Waals surface area contributed by atoms with Crippen LogP contribution >= 0.6 is 22.6 Å². The predicted molar refractivity (Wildman–Crippen MR) is 81.3 cm³/mol. The molecule has 0 bridgehead atoms. The topological polar surface area (TPSA) is 52.1 Å². The quantitative estimate of drug-likeness (QED) is 0.541. The number of benzene rings is 1. The Labute approximate surface area is 123 Å². The number of quaternary nitrogens is 1. The van der Waals surface area contributed by atoms with E-state index in [1.54, 1.807) is 6.07 Å². The van der Waals surface area contributed by atoms with Crippen molar-refractivity contribution in [3.63, 3.8) is 0 Å². The number of nitrogens with zero attached hydrogens (tertiary/aromatic N) is 1. The van der Waals surface area contributed by atoms with Crippen LogP contribution < -0.4 is 5.23 Å². The Hall–Kier alpha value is -1.41. The van der Waals surface area contributed by atoms with Crippen molar-refractivity contribution in [3.05, 3.63) is 63.6 Å². The molecule has 0 saturated carbocycles. The maximum Gasteiger partial charge on any atom is 0.177 e. The smallest absolute Gasteiger partial charge is 0.177 e. The summed E-state index contributed by atoms with van der Waals surface area (Å²) in [5.74, 6) is 0. The van der Waals surface area contributed by atoms with Crippen LogP contribution in [0.3, 0.4) is 0 Å². The molecule has 1 unspecified atom stereocenters. The van der Waals surface area contributed by atoms with E-state index >= 15 is 0 Å². The standard InChI is InChI=1S/C14H11IN2O2/c15-13-5-4-10(8-14(13)17(18)19)11-7-12-3-1-2-6-16(12)9-11/h1-9,17-18H. The molecule has 0 aliphatic heterocycles. The second-order valence-corrected chi connectivity index (χ2v) is 5.42. The summed E-state index contributed by atoms with van der Waals surface area (Å²) >= 11 is 2.04. The molecule has 4 nitrogen and oxygen atoms in total. The van der Waals surface area contributed by atoms with Crippen molar-refractivity contribution in [2.75, 3.05) is 0 Å². The van der Waals surface area contributed by atoms with E-state index in [-0.39, 0.29) is 0 Å². The number of hydrogen-bond donors (Lipinski definition) is 2. The van der Waals surface area contributed by atoms with Gasteiger partial charge in [-0.25, -0.2) is 5.21 Å². The van der Waals surface area contributed by atoms with Crippen LogP contribution in [0.15, 0.2) is 54.9 Å². The Morgan fingerprint density at radius 2 is 1.95 bits per heavy atom. The van der Waals surface area contributed by atoms with Gasteiger partial charge in [0.15, 0.2) is 5.69 Å². The fourth-order valence-electron chi connectivity index (χ4n) is 2.08. The molecule has 96 valence electrons. The first-order chi connectivity index (χ1) is 9.15. The Kier molecular flexibility index (Phi) is 3.28. The summed E-state index contributed by atoms with van der Waals surface area (Å²) in [6, 6.07) is 13.5. The Balaban J connectivity index is 2.13. The first-order valence-corrected chi connectivity index (χ1v) is 6.83. The molecule has 3 rings (SSSR count). The van der Waals surface area contributed by atoms with E-state index in [0.29, 0.717) is 5.69 Å². The highest BCUT2D eigenvalue weighted by Crippen LogP contribution is 2.26. The van der Waals surface area contributed by atoms with Gasteiger partial charge in [0.05, 0.1) is 3.57 Å². The second kappa shape index (κ2) is 4.93. The number of hydrogen-bond acceptors (Lipinski definition) is 2. The van der Waals surface area contributed by atoms with Gasteiger partial charge in [0.25, 0.3) is 0 Å². The van der Waals surface area contributed by atoms with Gasteiger partial charge in [-0.3, -0.25) is 0 Å². The van der Waals surface area contributed by atoms with Gasteiger partial charge in [0, 0.05) is 29.5 Å². The lowest BCUT2D eigenvalue weighted by molar-refractivity contribution is -0.991. The summed E-state index contributed by atoms with van der Waals surface area (Å²) in [5, 5.41) is 19.4. The molecular formula is C14H11IN2O2. The highest BCUT2D eigenvalue weighted by Gasteiger charge is 2.10. The van der Waals surface area contributed by atoms with Crippen LogP contribution in [0.2, 0.25) is 0 Å². The maximum absolute atomic E-state index is 11.2. The number of halogens is 1. The van der Waals surface area contributed by atoms with Crippen molar-refractivity contribution in [2.45, 2.75) is 0 Å². The van der Waals surface area contributed by atoms with Gasteiger partial charge in [-0.2, -0.15) is 5.23 Å². The van der Waals surface area contributed by atoms with Crippen LogP contribution in [0.25, 0.3) is 16.6 Å². The van der Waals surface area contributed by atoms with Crippen LogP contribution in [0.5, 0.6) is 0 Å². The molecule has 1 atom stereocenters. The van der Waals surface area contributed by atoms with Crippen LogP contribution in [0, 0.1) is 8.78 Å². The molecule has 0 spiro atoms. The van der Waals surface area contributed by atoms with Gasteiger partial charge in [-0.1, -0.05) is 12.1 Å². The molecule has 0 aliphatic carbocycles. The molecule has 19 heavy (non-hydrogen) atoms. The summed E-state index contributed by atoms with van der Waals surface area (Å²) in [6.45, 7) is 0. The van der Waals surface area contributed by atoms with Crippen LogP contribution in [-0.2, 0) is 0 Å². The van der Waals surface area contributed by atoms with Crippen LogP contribution in [0.1, 0.15) is 0 Å². The number of aromatic nitrogens is 1. The van der Waals surface area contributed by atoms with Gasteiger partial charge < -0.3 is 9.61 Å². The summed E-state index contributed by atoms with van der Waals surface area (Å²) in [7, 11) is 0. The van der Waals surface area contributed by atoms with E-state index in [1.807, 2.05) is 75.8 Å². The van der Waals surface area contributed by atoms with Crippen molar-refractivity contribution >= 4 is 33.8 Å². The second-order valence-electron chi connectivity index (χ2n) is 4.26. The van der Waals surface area contributed by atoms with Crippen molar-refractivity contribution in [1.29, 1.82) is 0 Å². The highest BCUT2D eigenvalue weighted by atomic mass is 127. The van der Waals surface area contributed by atoms with E-state index in [2.05, 4.69) is 0 Å². The lowest BCUT2D eigenvalue weighted by Gasteiger charge is -2.14. The lowest BCUT2D eigenvalue weighted by Crippen LogP contribution is -2.99. The Bertz CT molecular complexity index is 704. The van der Waals surface area contributed by atoms with Crippen molar-refractivity contribution in [2.24, 2.45) is 0 Å². The lowest BCUT2D eigenvalue weighted by atomic mass is 10.1. The molecule has 2 heterocycles. The average molecular weight is 366 g/mol. The number of fused-ring (bicyclic) bond motifs is 1. The summed E-state index contributed by atoms with van der Waals surface area (Å²) in [5.41, 5.74) is 3.37. The van der Waals surface area contributed by atoms with Crippen LogP contribution in [0.4, 0.5) is 5.69 Å². The highest BCUT2D eigenvalue weighted by molar-refractivity contribution is 14.1. The first kappa shape index (κ1) is 12.6. The van der Waals surface area contributed by atoms with Crippen LogP contribution in [-0.4, -0.2) is 9.61 Å². The molecule has 0 aliphatic rings. The number of nitrogens with one attached hydrogen (secondary N) is 1. The minimum absolute atomic E-state index is 0.341. The predicted octanol–water partition coefficient (Wildman–Crippen LogP) is 2.61. The number of rotatable bonds is 2. The van der Waals surface area contributed by atoms with Crippen molar-refractivity contribution in [1.82, 2.24) is 4.40 Å². The van der Waals surface area contributed by atoms with Crippen molar-refractivity contribution in [3.8, 4) is 11.1 Å². The zero-order chi connectivity index (χ0) is 13.4. The van der Waals surface area contributed by atoms with E-state index < -0.39 is 5.23 Å². The molecule has 1 aromatic carbocycles. The zero-order valence-electron chi connectivity index (χ0n) is 9.88. The third kappa shape index (κ3) is 2.37. The minimum Gasteiger partial charge on any atom is -0.595 e. The molecule has 0 saturated heterocycles. The molecule has 5 heteroatoms. The van der Waals surface area contributed by atoms with E-state index in [0.717, 1.165) is 20.2 Å². The third-order valence-electron chi connectivity index (χ3n) is 3.03. The molecule has 0 radical (unpaired) electrons. The summed E-state index contributed by atoms with van der Waals surface area (Å²) in [6.07, 6.45) is 3.98. The van der Waals surface area contributed by atoms with E-state index in [4.69, 9.17) is 5.21 Å². The normalized spacial score (nSPS) is 12.8. The SMILES string of the molecule is [O-][NH+](O)c1cc(-c2cc3ccccn3c2)ccc1I. The first-order valence-electron chi connectivity index (χ1n) is 5.75. The monoisotopic (exact) mass is 366 g/mol. The van der Waals surface area contributed by atoms with Gasteiger partial charge in [0.1, 0.15) is 0 Å². The summed E-state index contributed by atoms with van der Waals surface area (Å²) < 4.78 is 2.77. The molecule has 3 aromatic rings. The molecule has 0 amide bonds. The van der Waals surface area contributed by atoms with Gasteiger partial charge in [0.2, 0.25) is 0 Å². The molecular weight excluding hydrogens is 355 g/mol. The Morgan fingerprint density at radius 1 is 1.11 bits per heavy atom. The van der Waals surface area contributed by atoms with Gasteiger partial charge in [-0.05, 0) is 52.4 Å². The Morgan fingerprint density at radius 3 is 2.68 bits per heavy atom.